The summed E-state index contributed by atoms with van der Waals surface area (Å²) in [6.07, 6.45) is 0. The number of nitrogens with zero attached hydrogens (tertiary/aromatic N) is 3. The molecule has 0 aliphatic heterocycles. The molecule has 1 aromatic carbocycles. The maximum absolute atomic E-state index is 11.7. The van der Waals surface area contributed by atoms with Gasteiger partial charge in [0.1, 0.15) is 5.82 Å². The Balaban J connectivity index is 2.55. The zero-order chi connectivity index (χ0) is 13.4. The number of aryl methyl sites for hydroxylation is 2. The van der Waals surface area contributed by atoms with E-state index in [1.807, 2.05) is 51.2 Å². The van der Waals surface area contributed by atoms with Crippen molar-refractivity contribution in [3.8, 4) is 0 Å². The SMILES string of the molecule is CC(=O)C(c1ccc2c(c1)nc(C)n2C)N(C)C. The first kappa shape index (κ1) is 12.8. The molecule has 1 unspecified atom stereocenters. The molecule has 0 fully saturated rings. The summed E-state index contributed by atoms with van der Waals surface area (Å²) >= 11 is 0. The highest BCUT2D eigenvalue weighted by Crippen LogP contribution is 2.24. The van der Waals surface area contributed by atoms with Gasteiger partial charge in [0.15, 0.2) is 5.78 Å². The Morgan fingerprint density at radius 1 is 1.39 bits per heavy atom. The molecule has 4 nitrogen and oxygen atoms in total. The second kappa shape index (κ2) is 4.53. The van der Waals surface area contributed by atoms with Crippen molar-refractivity contribution in [3.63, 3.8) is 0 Å². The zero-order valence-corrected chi connectivity index (χ0v) is 11.6. The van der Waals surface area contributed by atoms with Crippen LogP contribution in [0.15, 0.2) is 18.2 Å². The fourth-order valence-electron chi connectivity index (χ4n) is 2.40. The van der Waals surface area contributed by atoms with Gasteiger partial charge in [-0.05, 0) is 45.6 Å². The first-order valence-corrected chi connectivity index (χ1v) is 6.01. The van der Waals surface area contributed by atoms with E-state index in [0.717, 1.165) is 22.4 Å². The van der Waals surface area contributed by atoms with Crippen LogP contribution in [-0.4, -0.2) is 34.3 Å². The number of aromatic nitrogens is 2. The van der Waals surface area contributed by atoms with E-state index in [-0.39, 0.29) is 11.8 Å². The minimum atomic E-state index is -0.197. The molecule has 96 valence electrons. The van der Waals surface area contributed by atoms with Crippen molar-refractivity contribution in [2.24, 2.45) is 7.05 Å². The molecule has 0 aliphatic carbocycles. The predicted octanol–water partition coefficient (Wildman–Crippen LogP) is 2.07. The summed E-state index contributed by atoms with van der Waals surface area (Å²) in [5.74, 6) is 1.12. The molecule has 0 saturated carbocycles. The van der Waals surface area contributed by atoms with Crippen molar-refractivity contribution in [1.29, 1.82) is 0 Å². The minimum absolute atomic E-state index is 0.145. The Morgan fingerprint density at radius 2 is 2.06 bits per heavy atom. The number of rotatable bonds is 3. The molecule has 0 bridgehead atoms. The number of carbonyl (C=O) groups is 1. The molecule has 18 heavy (non-hydrogen) atoms. The Kier molecular flexibility index (Phi) is 3.22. The third kappa shape index (κ3) is 2.04. The van der Waals surface area contributed by atoms with Crippen LogP contribution >= 0.6 is 0 Å². The van der Waals surface area contributed by atoms with Gasteiger partial charge in [-0.1, -0.05) is 6.07 Å². The largest absolute Gasteiger partial charge is 0.331 e. The summed E-state index contributed by atoms with van der Waals surface area (Å²) in [5.41, 5.74) is 3.04. The number of hydrogen-bond donors (Lipinski definition) is 0. The Labute approximate surface area is 107 Å². The molecule has 2 aromatic rings. The lowest BCUT2D eigenvalue weighted by Gasteiger charge is -2.21. The highest BCUT2D eigenvalue weighted by molar-refractivity contribution is 5.85. The molecule has 0 aliphatic rings. The molecule has 0 N–H and O–H groups in total. The molecule has 4 heteroatoms. The van der Waals surface area contributed by atoms with Crippen LogP contribution in [-0.2, 0) is 11.8 Å². The van der Waals surface area contributed by atoms with E-state index in [9.17, 15) is 4.79 Å². The number of hydrogen-bond acceptors (Lipinski definition) is 3. The number of carbonyl (C=O) groups excluding carboxylic acids is 1. The number of Topliss-reactive ketones (excluding diaryl/α,β-unsaturated/α-hetero) is 1. The summed E-state index contributed by atoms with van der Waals surface area (Å²) in [6, 6.07) is 5.85. The summed E-state index contributed by atoms with van der Waals surface area (Å²) in [6.45, 7) is 3.60. The van der Waals surface area contributed by atoms with Crippen molar-refractivity contribution < 1.29 is 4.79 Å². The maximum atomic E-state index is 11.7. The molecule has 0 spiro atoms. The van der Waals surface area contributed by atoms with Crippen LogP contribution in [0.5, 0.6) is 0 Å². The van der Waals surface area contributed by atoms with Gasteiger partial charge in [0.25, 0.3) is 0 Å². The minimum Gasteiger partial charge on any atom is -0.331 e. The van der Waals surface area contributed by atoms with Gasteiger partial charge in [0, 0.05) is 7.05 Å². The molecular formula is C14H19N3O. The topological polar surface area (TPSA) is 38.1 Å². The van der Waals surface area contributed by atoms with Gasteiger partial charge in [-0.25, -0.2) is 4.98 Å². The Morgan fingerprint density at radius 3 is 2.61 bits per heavy atom. The molecule has 1 heterocycles. The number of imidazole rings is 1. The van der Waals surface area contributed by atoms with Crippen LogP contribution in [0.3, 0.4) is 0 Å². The third-order valence-electron chi connectivity index (χ3n) is 3.35. The number of likely N-dealkylation sites (N-methyl/N-ethyl adjacent to an activating group) is 1. The van der Waals surface area contributed by atoms with E-state index in [1.54, 1.807) is 6.92 Å². The van der Waals surface area contributed by atoms with Crippen molar-refractivity contribution in [2.45, 2.75) is 19.9 Å². The smallest absolute Gasteiger partial charge is 0.151 e. The predicted molar refractivity (Wildman–Crippen MR) is 72.6 cm³/mol. The lowest BCUT2D eigenvalue weighted by atomic mass is 10.0. The van der Waals surface area contributed by atoms with Crippen molar-refractivity contribution in [1.82, 2.24) is 14.5 Å². The summed E-state index contributed by atoms with van der Waals surface area (Å²) in [4.78, 5) is 18.2. The number of ketones is 1. The van der Waals surface area contributed by atoms with E-state index in [2.05, 4.69) is 9.55 Å². The standard InChI is InChI=1S/C14H19N3O/c1-9(18)14(16(3)4)11-6-7-13-12(8-11)15-10(2)17(13)5/h6-8,14H,1-5H3. The van der Waals surface area contributed by atoms with Crippen LogP contribution in [0, 0.1) is 6.92 Å². The highest BCUT2D eigenvalue weighted by Gasteiger charge is 2.19. The van der Waals surface area contributed by atoms with Gasteiger partial charge in [0.2, 0.25) is 0 Å². The number of fused-ring (bicyclic) bond motifs is 1. The Hall–Kier alpha value is -1.68. The second-order valence-corrected chi connectivity index (χ2v) is 4.94. The van der Waals surface area contributed by atoms with E-state index in [4.69, 9.17) is 0 Å². The monoisotopic (exact) mass is 245 g/mol. The summed E-state index contributed by atoms with van der Waals surface area (Å²) in [5, 5.41) is 0. The van der Waals surface area contributed by atoms with Gasteiger partial charge >= 0.3 is 0 Å². The molecule has 0 amide bonds. The second-order valence-electron chi connectivity index (χ2n) is 4.94. The van der Waals surface area contributed by atoms with Crippen molar-refractivity contribution in [3.05, 3.63) is 29.6 Å². The molecule has 1 atom stereocenters. The highest BCUT2D eigenvalue weighted by atomic mass is 16.1. The fraction of sp³-hybridized carbons (Fsp3) is 0.429. The summed E-state index contributed by atoms with van der Waals surface area (Å²) in [7, 11) is 5.83. The van der Waals surface area contributed by atoms with Crippen LogP contribution in [0.4, 0.5) is 0 Å². The van der Waals surface area contributed by atoms with Gasteiger partial charge < -0.3 is 4.57 Å². The fourth-order valence-corrected chi connectivity index (χ4v) is 2.40. The van der Waals surface area contributed by atoms with Crippen LogP contribution in [0.25, 0.3) is 11.0 Å². The average molecular weight is 245 g/mol. The van der Waals surface area contributed by atoms with Gasteiger partial charge in [-0.2, -0.15) is 0 Å². The molecule has 0 saturated heterocycles. The van der Waals surface area contributed by atoms with Crippen LogP contribution < -0.4 is 0 Å². The average Bonchev–Trinajstić information content (AvgIpc) is 2.53. The van der Waals surface area contributed by atoms with Gasteiger partial charge in [0.05, 0.1) is 17.1 Å². The van der Waals surface area contributed by atoms with E-state index < -0.39 is 0 Å². The first-order chi connectivity index (χ1) is 8.41. The number of benzene rings is 1. The molecular weight excluding hydrogens is 226 g/mol. The van der Waals surface area contributed by atoms with E-state index in [0.29, 0.717) is 0 Å². The molecule has 0 radical (unpaired) electrons. The summed E-state index contributed by atoms with van der Waals surface area (Å²) < 4.78 is 2.05. The van der Waals surface area contributed by atoms with E-state index in [1.165, 1.54) is 0 Å². The van der Waals surface area contributed by atoms with E-state index >= 15 is 0 Å². The van der Waals surface area contributed by atoms with Crippen molar-refractivity contribution in [2.75, 3.05) is 14.1 Å². The third-order valence-corrected chi connectivity index (χ3v) is 3.35. The molecule has 2 rings (SSSR count). The lowest BCUT2D eigenvalue weighted by Crippen LogP contribution is -2.25. The van der Waals surface area contributed by atoms with Crippen LogP contribution in [0.2, 0.25) is 0 Å². The molecule has 1 aromatic heterocycles. The Bertz CT molecular complexity index is 598. The van der Waals surface area contributed by atoms with Crippen LogP contribution in [0.1, 0.15) is 24.4 Å². The maximum Gasteiger partial charge on any atom is 0.151 e. The van der Waals surface area contributed by atoms with Crippen molar-refractivity contribution >= 4 is 16.8 Å². The zero-order valence-electron chi connectivity index (χ0n) is 11.6. The normalized spacial score (nSPS) is 13.2. The van der Waals surface area contributed by atoms with Gasteiger partial charge in [-0.15, -0.1) is 0 Å². The van der Waals surface area contributed by atoms with Gasteiger partial charge in [-0.3, -0.25) is 9.69 Å². The quantitative estimate of drug-likeness (QED) is 0.831. The first-order valence-electron chi connectivity index (χ1n) is 6.01. The lowest BCUT2D eigenvalue weighted by molar-refractivity contribution is -0.121.